The number of nitrogens with two attached hydrogens (primary N) is 1. The SMILES string of the molecule is CCOC(=O)c1ccc(N)cc1Oc1cnc2[nH]ccc2c1. The number of rotatable bonds is 4. The summed E-state index contributed by atoms with van der Waals surface area (Å²) in [6.45, 7) is 2.04. The van der Waals surface area contributed by atoms with Gasteiger partial charge < -0.3 is 20.2 Å². The lowest BCUT2D eigenvalue weighted by atomic mass is 10.2. The monoisotopic (exact) mass is 297 g/mol. The Hall–Kier alpha value is -3.02. The number of carbonyl (C=O) groups excluding carboxylic acids is 1. The Kier molecular flexibility index (Phi) is 3.65. The van der Waals surface area contributed by atoms with Gasteiger partial charge in [0, 0.05) is 23.3 Å². The van der Waals surface area contributed by atoms with Gasteiger partial charge in [0.1, 0.15) is 22.7 Å². The van der Waals surface area contributed by atoms with E-state index in [9.17, 15) is 4.79 Å². The lowest BCUT2D eigenvalue weighted by Gasteiger charge is -2.11. The van der Waals surface area contributed by atoms with Crippen molar-refractivity contribution < 1.29 is 14.3 Å². The van der Waals surface area contributed by atoms with E-state index in [-0.39, 0.29) is 0 Å². The topological polar surface area (TPSA) is 90.2 Å². The minimum atomic E-state index is -0.451. The van der Waals surface area contributed by atoms with Crippen LogP contribution in [0.3, 0.4) is 0 Å². The maximum Gasteiger partial charge on any atom is 0.341 e. The van der Waals surface area contributed by atoms with E-state index in [1.54, 1.807) is 37.5 Å². The van der Waals surface area contributed by atoms with Crippen LogP contribution < -0.4 is 10.5 Å². The summed E-state index contributed by atoms with van der Waals surface area (Å²) in [5.74, 6) is 0.409. The summed E-state index contributed by atoms with van der Waals surface area (Å²) in [7, 11) is 0. The molecule has 6 nitrogen and oxygen atoms in total. The van der Waals surface area contributed by atoms with Crippen LogP contribution in [0, 0.1) is 0 Å². The number of hydrogen-bond acceptors (Lipinski definition) is 5. The molecule has 0 unspecified atom stereocenters. The number of nitrogens with zero attached hydrogens (tertiary/aromatic N) is 1. The lowest BCUT2D eigenvalue weighted by molar-refractivity contribution is 0.0523. The second kappa shape index (κ2) is 5.77. The molecule has 2 heterocycles. The smallest absolute Gasteiger partial charge is 0.341 e. The summed E-state index contributed by atoms with van der Waals surface area (Å²) >= 11 is 0. The first-order chi connectivity index (χ1) is 10.7. The number of fused-ring (bicyclic) bond motifs is 1. The van der Waals surface area contributed by atoms with Crippen molar-refractivity contribution >= 4 is 22.7 Å². The number of anilines is 1. The normalized spacial score (nSPS) is 10.6. The van der Waals surface area contributed by atoms with Gasteiger partial charge in [-0.25, -0.2) is 9.78 Å². The first-order valence-electron chi connectivity index (χ1n) is 6.85. The highest BCUT2D eigenvalue weighted by Crippen LogP contribution is 2.29. The second-order valence-electron chi connectivity index (χ2n) is 4.66. The molecule has 0 aliphatic heterocycles. The zero-order chi connectivity index (χ0) is 15.5. The number of aromatic amines is 1. The quantitative estimate of drug-likeness (QED) is 0.570. The molecule has 0 radical (unpaired) electrons. The standard InChI is InChI=1S/C16H15N3O3/c1-2-21-16(20)13-4-3-11(17)8-14(13)22-12-7-10-5-6-18-15(10)19-9-12/h3-9H,2,17H2,1H3,(H,18,19). The van der Waals surface area contributed by atoms with E-state index in [4.69, 9.17) is 15.2 Å². The van der Waals surface area contributed by atoms with Crippen LogP contribution in [0.2, 0.25) is 0 Å². The minimum absolute atomic E-state index is 0.291. The van der Waals surface area contributed by atoms with Gasteiger partial charge in [0.05, 0.1) is 12.8 Å². The molecule has 3 rings (SSSR count). The van der Waals surface area contributed by atoms with Crippen molar-refractivity contribution in [2.24, 2.45) is 0 Å². The molecule has 0 fully saturated rings. The third-order valence-corrected chi connectivity index (χ3v) is 3.10. The molecule has 0 aliphatic rings. The predicted octanol–water partition coefficient (Wildman–Crippen LogP) is 3.11. The molecule has 0 saturated carbocycles. The number of hydrogen-bond donors (Lipinski definition) is 2. The van der Waals surface area contributed by atoms with E-state index in [0.29, 0.717) is 29.4 Å². The van der Waals surface area contributed by atoms with Gasteiger partial charge in [-0.2, -0.15) is 0 Å². The third kappa shape index (κ3) is 2.71. The van der Waals surface area contributed by atoms with Crippen LogP contribution >= 0.6 is 0 Å². The van der Waals surface area contributed by atoms with E-state index in [1.807, 2.05) is 12.1 Å². The molecule has 2 aromatic heterocycles. The van der Waals surface area contributed by atoms with Crippen molar-refractivity contribution in [2.75, 3.05) is 12.3 Å². The summed E-state index contributed by atoms with van der Waals surface area (Å²) < 4.78 is 10.8. The Morgan fingerprint density at radius 1 is 1.32 bits per heavy atom. The number of benzene rings is 1. The van der Waals surface area contributed by atoms with Crippen LogP contribution in [0.1, 0.15) is 17.3 Å². The molecule has 0 saturated heterocycles. The van der Waals surface area contributed by atoms with Crippen molar-refractivity contribution in [3.05, 3.63) is 48.3 Å². The van der Waals surface area contributed by atoms with E-state index >= 15 is 0 Å². The molecule has 3 N–H and O–H groups in total. The first-order valence-corrected chi connectivity index (χ1v) is 6.85. The average molecular weight is 297 g/mol. The van der Waals surface area contributed by atoms with Gasteiger partial charge in [0.2, 0.25) is 0 Å². The van der Waals surface area contributed by atoms with Gasteiger partial charge in [-0.1, -0.05) is 0 Å². The van der Waals surface area contributed by atoms with E-state index in [1.165, 1.54) is 0 Å². The molecule has 22 heavy (non-hydrogen) atoms. The molecule has 0 aliphatic carbocycles. The highest BCUT2D eigenvalue weighted by atomic mass is 16.5. The maximum absolute atomic E-state index is 12.0. The van der Waals surface area contributed by atoms with Crippen LogP contribution in [0.25, 0.3) is 11.0 Å². The lowest BCUT2D eigenvalue weighted by Crippen LogP contribution is -2.07. The Morgan fingerprint density at radius 2 is 2.18 bits per heavy atom. The van der Waals surface area contributed by atoms with Crippen LogP contribution in [-0.2, 0) is 4.74 Å². The number of pyridine rings is 1. The first kappa shape index (κ1) is 13.9. The number of carbonyl (C=O) groups is 1. The van der Waals surface area contributed by atoms with Crippen molar-refractivity contribution in [1.82, 2.24) is 9.97 Å². The van der Waals surface area contributed by atoms with Crippen molar-refractivity contribution in [3.63, 3.8) is 0 Å². The number of nitrogen functional groups attached to an aromatic ring is 1. The number of esters is 1. The fourth-order valence-electron chi connectivity index (χ4n) is 2.10. The number of H-pyrrole nitrogens is 1. The van der Waals surface area contributed by atoms with Crippen molar-refractivity contribution in [3.8, 4) is 11.5 Å². The fraction of sp³-hybridized carbons (Fsp3) is 0.125. The molecule has 1 aromatic carbocycles. The average Bonchev–Trinajstić information content (AvgIpc) is 2.95. The van der Waals surface area contributed by atoms with Gasteiger partial charge in [-0.15, -0.1) is 0 Å². The zero-order valence-corrected chi connectivity index (χ0v) is 12.0. The number of aromatic nitrogens is 2. The molecule has 0 spiro atoms. The minimum Gasteiger partial charge on any atom is -0.462 e. The summed E-state index contributed by atoms with van der Waals surface area (Å²) in [4.78, 5) is 19.2. The predicted molar refractivity (Wildman–Crippen MR) is 83.0 cm³/mol. The fourth-order valence-corrected chi connectivity index (χ4v) is 2.10. The largest absolute Gasteiger partial charge is 0.462 e. The Morgan fingerprint density at radius 3 is 3.00 bits per heavy atom. The maximum atomic E-state index is 12.0. The molecule has 0 amide bonds. The Balaban J connectivity index is 1.96. The van der Waals surface area contributed by atoms with E-state index < -0.39 is 5.97 Å². The summed E-state index contributed by atoms with van der Waals surface area (Å²) in [6, 6.07) is 8.53. The molecule has 0 bridgehead atoms. The van der Waals surface area contributed by atoms with E-state index in [0.717, 1.165) is 11.0 Å². The number of nitrogens with one attached hydrogen (secondary N) is 1. The van der Waals surface area contributed by atoms with Crippen LogP contribution in [0.4, 0.5) is 5.69 Å². The van der Waals surface area contributed by atoms with Crippen molar-refractivity contribution in [2.45, 2.75) is 6.92 Å². The van der Waals surface area contributed by atoms with Crippen molar-refractivity contribution in [1.29, 1.82) is 0 Å². The van der Waals surface area contributed by atoms with Crippen LogP contribution in [0.15, 0.2) is 42.7 Å². The Bertz CT molecular complexity index is 826. The molecular formula is C16H15N3O3. The van der Waals surface area contributed by atoms with E-state index in [2.05, 4.69) is 9.97 Å². The molecular weight excluding hydrogens is 282 g/mol. The molecule has 6 heteroatoms. The second-order valence-corrected chi connectivity index (χ2v) is 4.66. The highest BCUT2D eigenvalue weighted by molar-refractivity contribution is 5.93. The zero-order valence-electron chi connectivity index (χ0n) is 12.0. The van der Waals surface area contributed by atoms with Crippen LogP contribution in [-0.4, -0.2) is 22.5 Å². The Labute approximate surface area is 126 Å². The highest BCUT2D eigenvalue weighted by Gasteiger charge is 2.15. The van der Waals surface area contributed by atoms with Gasteiger partial charge in [-0.3, -0.25) is 0 Å². The molecule has 3 aromatic rings. The summed E-state index contributed by atoms with van der Waals surface area (Å²) in [6.07, 6.45) is 3.38. The van der Waals surface area contributed by atoms with Gasteiger partial charge in [0.25, 0.3) is 0 Å². The van der Waals surface area contributed by atoms with Gasteiger partial charge in [-0.05, 0) is 31.2 Å². The third-order valence-electron chi connectivity index (χ3n) is 3.10. The molecule has 112 valence electrons. The molecule has 0 atom stereocenters. The summed E-state index contributed by atoms with van der Waals surface area (Å²) in [5, 5.41) is 0.916. The van der Waals surface area contributed by atoms with Crippen LogP contribution in [0.5, 0.6) is 11.5 Å². The van der Waals surface area contributed by atoms with Gasteiger partial charge in [0.15, 0.2) is 0 Å². The summed E-state index contributed by atoms with van der Waals surface area (Å²) in [5.41, 5.74) is 7.37. The number of ether oxygens (including phenoxy) is 2. The van der Waals surface area contributed by atoms with Gasteiger partial charge >= 0.3 is 5.97 Å².